The van der Waals surface area contributed by atoms with Crippen LogP contribution in [0.2, 0.25) is 15.1 Å². The Morgan fingerprint density at radius 1 is 1.07 bits per heavy atom. The molecule has 1 unspecified atom stereocenters. The summed E-state index contributed by atoms with van der Waals surface area (Å²) >= 11 is 18.1. The Bertz CT molecular complexity index is 1870. The lowest BCUT2D eigenvalue weighted by Crippen LogP contribution is -2.42. The predicted octanol–water partition coefficient (Wildman–Crippen LogP) is 6.90. The summed E-state index contributed by atoms with van der Waals surface area (Å²) in [5.41, 5.74) is 0.0289. The smallest absolute Gasteiger partial charge is 0.423 e. The largest absolute Gasteiger partial charge is 0.492 e. The first-order valence-electron chi connectivity index (χ1n) is 14.3. The van der Waals surface area contributed by atoms with E-state index in [1.807, 2.05) is 18.2 Å². The van der Waals surface area contributed by atoms with Crippen LogP contribution >= 0.6 is 34.8 Å². The molecule has 0 radical (unpaired) electrons. The maximum atomic E-state index is 14.6. The summed E-state index contributed by atoms with van der Waals surface area (Å²) in [5, 5.41) is 17.0. The first-order valence-corrected chi connectivity index (χ1v) is 15.4. The van der Waals surface area contributed by atoms with Crippen LogP contribution in [0.25, 0.3) is 5.52 Å². The van der Waals surface area contributed by atoms with Gasteiger partial charge in [-0.05, 0) is 65.8 Å². The van der Waals surface area contributed by atoms with Crippen molar-refractivity contribution < 1.29 is 32.5 Å². The van der Waals surface area contributed by atoms with Gasteiger partial charge >= 0.3 is 13.3 Å². The van der Waals surface area contributed by atoms with E-state index in [0.717, 1.165) is 54.4 Å². The molecule has 7 rings (SSSR count). The Labute approximate surface area is 271 Å². The van der Waals surface area contributed by atoms with E-state index in [0.29, 0.717) is 16.8 Å². The van der Waals surface area contributed by atoms with Crippen molar-refractivity contribution in [3.05, 3.63) is 104 Å². The number of fused-ring (bicyclic) bond motifs is 3. The fraction of sp³-hybridized carbons (Fsp3) is 0.290. The molecule has 14 heteroatoms. The molecule has 7 nitrogen and oxygen atoms in total. The van der Waals surface area contributed by atoms with Crippen molar-refractivity contribution in [2.24, 2.45) is 5.16 Å². The van der Waals surface area contributed by atoms with Gasteiger partial charge in [0, 0.05) is 18.3 Å². The third kappa shape index (κ3) is 4.91. The summed E-state index contributed by atoms with van der Waals surface area (Å²) in [7, 11) is -1.01. The molecule has 0 bridgehead atoms. The van der Waals surface area contributed by atoms with Crippen LogP contribution < -0.4 is 10.8 Å². The van der Waals surface area contributed by atoms with Gasteiger partial charge in [0.15, 0.2) is 0 Å². The van der Waals surface area contributed by atoms with Crippen LogP contribution in [0.1, 0.15) is 64.8 Å². The Morgan fingerprint density at radius 2 is 1.80 bits per heavy atom. The highest BCUT2D eigenvalue weighted by Gasteiger charge is 2.62. The molecule has 232 valence electrons. The molecule has 4 aromatic rings. The van der Waals surface area contributed by atoms with Gasteiger partial charge in [-0.25, -0.2) is 0 Å². The van der Waals surface area contributed by atoms with Gasteiger partial charge in [0.05, 0.1) is 43.9 Å². The summed E-state index contributed by atoms with van der Waals surface area (Å²) in [4.78, 5) is 18.5. The number of halogens is 6. The molecule has 1 aliphatic carbocycles. The first-order chi connectivity index (χ1) is 21.4. The van der Waals surface area contributed by atoms with Crippen LogP contribution in [0.4, 0.5) is 13.2 Å². The molecule has 1 amide bonds. The SMILES string of the molecule is O=C(NCc1ccc2c(c1)B(O)OC21CCCC1)c1ccc(C2=NOC(c3cc(Cl)c(Cl)c(Cl)c3)(C(F)(F)F)C2)n2cccc12. The van der Waals surface area contributed by atoms with Crippen LogP contribution in [-0.2, 0) is 27.2 Å². The molecule has 2 N–H and O–H groups in total. The van der Waals surface area contributed by atoms with Gasteiger partial charge in [-0.2, -0.15) is 13.2 Å². The molecule has 2 aromatic carbocycles. The van der Waals surface area contributed by atoms with Gasteiger partial charge in [0.2, 0.25) is 0 Å². The Hall–Kier alpha value is -3.22. The number of hydrogen-bond donors (Lipinski definition) is 2. The second-order valence-electron chi connectivity index (χ2n) is 11.6. The number of carbonyl (C=O) groups is 1. The average Bonchev–Trinajstić information content (AvgIpc) is 3.81. The number of rotatable bonds is 5. The number of alkyl halides is 3. The van der Waals surface area contributed by atoms with Crippen LogP contribution in [0.15, 0.2) is 65.9 Å². The molecule has 2 aliphatic heterocycles. The lowest BCUT2D eigenvalue weighted by atomic mass is 9.77. The lowest BCUT2D eigenvalue weighted by Gasteiger charge is -2.30. The van der Waals surface area contributed by atoms with Crippen LogP contribution in [0.3, 0.4) is 0 Å². The van der Waals surface area contributed by atoms with E-state index in [9.17, 15) is 23.0 Å². The van der Waals surface area contributed by atoms with Crippen molar-refractivity contribution in [3.8, 4) is 0 Å². The lowest BCUT2D eigenvalue weighted by molar-refractivity contribution is -0.275. The van der Waals surface area contributed by atoms with Crippen molar-refractivity contribution in [1.82, 2.24) is 9.72 Å². The summed E-state index contributed by atoms with van der Waals surface area (Å²) < 4.78 is 51.3. The quantitative estimate of drug-likeness (QED) is 0.178. The zero-order chi connectivity index (χ0) is 31.7. The third-order valence-corrected chi connectivity index (χ3v) is 10.1. The number of nitrogens with zero attached hydrogens (tertiary/aromatic N) is 2. The number of oxime groups is 1. The van der Waals surface area contributed by atoms with Crippen molar-refractivity contribution in [2.75, 3.05) is 0 Å². The molecule has 1 spiro atoms. The van der Waals surface area contributed by atoms with E-state index >= 15 is 0 Å². The number of carbonyl (C=O) groups excluding carboxylic acids is 1. The summed E-state index contributed by atoms with van der Waals surface area (Å²) in [6, 6.07) is 14.3. The molecule has 2 aromatic heterocycles. The summed E-state index contributed by atoms with van der Waals surface area (Å²) in [6.07, 6.45) is -0.0792. The van der Waals surface area contributed by atoms with Gasteiger partial charge in [-0.1, -0.05) is 71.0 Å². The van der Waals surface area contributed by atoms with Crippen molar-refractivity contribution in [2.45, 2.75) is 56.0 Å². The second-order valence-corrected chi connectivity index (χ2v) is 12.7. The number of aromatic nitrogens is 1. The highest BCUT2D eigenvalue weighted by molar-refractivity contribution is 6.62. The topological polar surface area (TPSA) is 84.6 Å². The number of pyridine rings is 1. The highest BCUT2D eigenvalue weighted by atomic mass is 35.5. The van der Waals surface area contributed by atoms with E-state index in [4.69, 9.17) is 44.3 Å². The number of amides is 1. The van der Waals surface area contributed by atoms with Crippen molar-refractivity contribution in [3.63, 3.8) is 0 Å². The van der Waals surface area contributed by atoms with E-state index in [-0.39, 0.29) is 38.8 Å². The van der Waals surface area contributed by atoms with Crippen molar-refractivity contribution in [1.29, 1.82) is 0 Å². The Kier molecular flexibility index (Phi) is 7.41. The third-order valence-electron chi connectivity index (χ3n) is 8.94. The zero-order valence-corrected chi connectivity index (χ0v) is 25.7. The maximum absolute atomic E-state index is 14.6. The second kappa shape index (κ2) is 10.9. The van der Waals surface area contributed by atoms with Gasteiger partial charge in [0.1, 0.15) is 5.71 Å². The summed E-state index contributed by atoms with van der Waals surface area (Å²) in [6.45, 7) is 0.196. The van der Waals surface area contributed by atoms with E-state index in [1.54, 1.807) is 22.7 Å². The highest BCUT2D eigenvalue weighted by Crippen LogP contribution is 2.51. The van der Waals surface area contributed by atoms with Gasteiger partial charge in [0.25, 0.3) is 11.5 Å². The molecule has 3 aliphatic rings. The van der Waals surface area contributed by atoms with Gasteiger partial charge < -0.3 is 24.2 Å². The zero-order valence-electron chi connectivity index (χ0n) is 23.4. The van der Waals surface area contributed by atoms with Crippen LogP contribution in [0.5, 0.6) is 0 Å². The van der Waals surface area contributed by atoms with Gasteiger partial charge in [-0.15, -0.1) is 0 Å². The molecular formula is C31H24BCl3F3N3O4. The minimum atomic E-state index is -4.88. The Morgan fingerprint density at radius 3 is 2.51 bits per heavy atom. The first kappa shape index (κ1) is 30.4. The molecule has 4 heterocycles. The van der Waals surface area contributed by atoms with E-state index in [2.05, 4.69) is 10.5 Å². The number of nitrogens with one attached hydrogen (secondary N) is 1. The number of benzene rings is 2. The molecule has 1 fully saturated rings. The molecule has 1 saturated carbocycles. The molecule has 0 saturated heterocycles. The molecule has 45 heavy (non-hydrogen) atoms. The molecular weight excluding hydrogens is 653 g/mol. The normalized spacial score (nSPS) is 20.5. The maximum Gasteiger partial charge on any atom is 0.492 e. The van der Waals surface area contributed by atoms with Crippen LogP contribution in [-0.4, -0.2) is 34.3 Å². The van der Waals surface area contributed by atoms with E-state index < -0.39 is 30.9 Å². The van der Waals surface area contributed by atoms with Crippen molar-refractivity contribution >= 4 is 64.5 Å². The van der Waals surface area contributed by atoms with Crippen LogP contribution in [0, 0.1) is 0 Å². The number of hydrogen-bond acceptors (Lipinski definition) is 5. The standard InChI is InChI=1S/C31H24BCl3F3N3O4/c33-22-13-18(14-23(34)27(22)35)30(31(36,37)38)15-24(40-45-30)26-8-6-19(25-4-3-11-41(25)26)28(42)39-16-17-5-7-20-21(12-17)32(43)44-29(20)9-1-2-10-29/h3-8,11-14,43H,1-2,9-10,15-16H2,(H,39,42). The Balaban J connectivity index is 1.13. The van der Waals surface area contributed by atoms with E-state index in [1.165, 1.54) is 12.1 Å². The monoisotopic (exact) mass is 675 g/mol. The molecule has 1 atom stereocenters. The van der Waals surface area contributed by atoms with Gasteiger partial charge in [-0.3, -0.25) is 4.79 Å². The fourth-order valence-corrected chi connectivity index (χ4v) is 7.28. The predicted molar refractivity (Wildman–Crippen MR) is 165 cm³/mol. The average molecular weight is 677 g/mol. The minimum absolute atomic E-state index is 0.0154. The fourth-order valence-electron chi connectivity index (χ4n) is 6.69. The minimum Gasteiger partial charge on any atom is -0.423 e. The summed E-state index contributed by atoms with van der Waals surface area (Å²) in [5.74, 6) is -0.380.